The van der Waals surface area contributed by atoms with Crippen molar-refractivity contribution in [3.63, 3.8) is 0 Å². The molecule has 0 aromatic heterocycles. The molecule has 1 nitrogen and oxygen atoms in total. The predicted molar refractivity (Wildman–Crippen MR) is 53.2 cm³/mol. The predicted octanol–water partition coefficient (Wildman–Crippen LogP) is 2.59. The molecule has 0 N–H and O–H groups in total. The van der Waals surface area contributed by atoms with Gasteiger partial charge in [0.25, 0.3) is 0 Å². The lowest BCUT2D eigenvalue weighted by Crippen LogP contribution is -2.30. The van der Waals surface area contributed by atoms with E-state index in [1.54, 1.807) is 6.92 Å². The molecule has 13 heavy (non-hydrogen) atoms. The van der Waals surface area contributed by atoms with Crippen molar-refractivity contribution in [1.82, 2.24) is 0 Å². The maximum atomic E-state index is 11.4. The first kappa shape index (κ1) is 8.74. The maximum absolute atomic E-state index is 11.4. The van der Waals surface area contributed by atoms with Gasteiger partial charge in [-0.05, 0) is 31.1 Å². The van der Waals surface area contributed by atoms with Crippen molar-refractivity contribution in [2.75, 3.05) is 0 Å². The molecule has 0 saturated carbocycles. The Labute approximate surface area is 79.5 Å². The van der Waals surface area contributed by atoms with Gasteiger partial charge in [-0.3, -0.25) is 4.79 Å². The molecule has 2 aliphatic rings. The summed E-state index contributed by atoms with van der Waals surface area (Å²) in [7, 11) is 0. The van der Waals surface area contributed by atoms with Gasteiger partial charge in [0.2, 0.25) is 0 Å². The van der Waals surface area contributed by atoms with E-state index in [1.807, 2.05) is 0 Å². The Morgan fingerprint density at radius 3 is 2.77 bits per heavy atom. The van der Waals surface area contributed by atoms with Crippen molar-refractivity contribution < 1.29 is 4.79 Å². The lowest BCUT2D eigenvalue weighted by molar-refractivity contribution is -0.121. The molecule has 0 aromatic rings. The van der Waals surface area contributed by atoms with Crippen molar-refractivity contribution in [3.8, 4) is 0 Å². The van der Waals surface area contributed by atoms with Gasteiger partial charge in [-0.15, -0.1) is 0 Å². The van der Waals surface area contributed by atoms with Crippen LogP contribution in [0.15, 0.2) is 24.3 Å². The van der Waals surface area contributed by atoms with Gasteiger partial charge in [-0.25, -0.2) is 0 Å². The SMILES string of the molecule is CC(=O)C1C=CC(C)C2C=CCC12. The molecule has 2 rings (SSSR count). The summed E-state index contributed by atoms with van der Waals surface area (Å²) >= 11 is 0. The van der Waals surface area contributed by atoms with Gasteiger partial charge in [0, 0.05) is 5.92 Å². The molecule has 0 saturated heterocycles. The summed E-state index contributed by atoms with van der Waals surface area (Å²) < 4.78 is 0. The van der Waals surface area contributed by atoms with Crippen LogP contribution in [-0.4, -0.2) is 5.78 Å². The van der Waals surface area contributed by atoms with Gasteiger partial charge in [-0.1, -0.05) is 31.2 Å². The minimum Gasteiger partial charge on any atom is -0.299 e. The molecule has 0 aliphatic heterocycles. The van der Waals surface area contributed by atoms with Crippen LogP contribution in [0.1, 0.15) is 20.3 Å². The Hall–Kier alpha value is -0.850. The third kappa shape index (κ3) is 1.37. The second kappa shape index (κ2) is 3.13. The van der Waals surface area contributed by atoms with E-state index in [0.717, 1.165) is 6.42 Å². The fraction of sp³-hybridized carbons (Fsp3) is 0.583. The van der Waals surface area contributed by atoms with Crippen LogP contribution in [0.5, 0.6) is 0 Å². The fourth-order valence-electron chi connectivity index (χ4n) is 2.65. The Kier molecular flexibility index (Phi) is 2.10. The zero-order chi connectivity index (χ0) is 9.42. The van der Waals surface area contributed by atoms with Crippen molar-refractivity contribution in [3.05, 3.63) is 24.3 Å². The minimum atomic E-state index is 0.177. The minimum absolute atomic E-state index is 0.177. The average molecular weight is 176 g/mol. The summed E-state index contributed by atoms with van der Waals surface area (Å²) in [5, 5.41) is 0. The number of Topliss-reactive ketones (excluding diaryl/α,β-unsaturated/α-hetero) is 1. The van der Waals surface area contributed by atoms with Gasteiger partial charge >= 0.3 is 0 Å². The highest BCUT2D eigenvalue weighted by Gasteiger charge is 2.36. The first-order chi connectivity index (χ1) is 6.20. The van der Waals surface area contributed by atoms with E-state index < -0.39 is 0 Å². The molecular weight excluding hydrogens is 160 g/mol. The molecule has 0 amide bonds. The smallest absolute Gasteiger partial charge is 0.136 e. The highest BCUT2D eigenvalue weighted by Crippen LogP contribution is 2.41. The Balaban J connectivity index is 2.25. The van der Waals surface area contributed by atoms with Crippen LogP contribution in [0.25, 0.3) is 0 Å². The number of carbonyl (C=O) groups excluding carboxylic acids is 1. The zero-order valence-electron chi connectivity index (χ0n) is 8.23. The standard InChI is InChI=1S/C12H16O/c1-8-6-7-11(9(2)13)12-5-3-4-10(8)12/h3-4,6-8,10-12H,5H2,1-2H3. The van der Waals surface area contributed by atoms with Crippen LogP contribution in [0.4, 0.5) is 0 Å². The molecule has 0 radical (unpaired) electrons. The van der Waals surface area contributed by atoms with Crippen LogP contribution in [-0.2, 0) is 4.79 Å². The number of carbonyl (C=O) groups is 1. The lowest BCUT2D eigenvalue weighted by Gasteiger charge is -2.32. The first-order valence-corrected chi connectivity index (χ1v) is 5.05. The van der Waals surface area contributed by atoms with E-state index in [-0.39, 0.29) is 5.92 Å². The fourth-order valence-corrected chi connectivity index (χ4v) is 2.65. The van der Waals surface area contributed by atoms with Gasteiger partial charge in [0.15, 0.2) is 0 Å². The van der Waals surface area contributed by atoms with E-state index in [4.69, 9.17) is 0 Å². The summed E-state index contributed by atoms with van der Waals surface area (Å²) in [6, 6.07) is 0. The van der Waals surface area contributed by atoms with Gasteiger partial charge in [0.1, 0.15) is 5.78 Å². The van der Waals surface area contributed by atoms with E-state index in [0.29, 0.717) is 23.5 Å². The van der Waals surface area contributed by atoms with E-state index in [1.165, 1.54) is 0 Å². The normalized spacial score (nSPS) is 42.0. The molecule has 70 valence electrons. The first-order valence-electron chi connectivity index (χ1n) is 5.05. The van der Waals surface area contributed by atoms with E-state index in [9.17, 15) is 4.79 Å². The van der Waals surface area contributed by atoms with Crippen LogP contribution in [0, 0.1) is 23.7 Å². The van der Waals surface area contributed by atoms with Crippen LogP contribution < -0.4 is 0 Å². The molecule has 0 aromatic carbocycles. The molecule has 0 heterocycles. The molecule has 0 fully saturated rings. The van der Waals surface area contributed by atoms with Crippen LogP contribution >= 0.6 is 0 Å². The summed E-state index contributed by atoms with van der Waals surface area (Å²) in [4.78, 5) is 11.4. The van der Waals surface area contributed by atoms with Crippen molar-refractivity contribution in [1.29, 1.82) is 0 Å². The van der Waals surface area contributed by atoms with Crippen molar-refractivity contribution in [2.24, 2.45) is 23.7 Å². The molecule has 0 bridgehead atoms. The second-order valence-electron chi connectivity index (χ2n) is 4.29. The molecular formula is C12H16O. The third-order valence-corrected chi connectivity index (χ3v) is 3.42. The Morgan fingerprint density at radius 2 is 2.08 bits per heavy atom. The Bertz CT molecular complexity index is 275. The quantitative estimate of drug-likeness (QED) is 0.561. The Morgan fingerprint density at radius 1 is 1.31 bits per heavy atom. The average Bonchev–Trinajstić information content (AvgIpc) is 2.53. The largest absolute Gasteiger partial charge is 0.299 e. The van der Waals surface area contributed by atoms with Gasteiger partial charge < -0.3 is 0 Å². The van der Waals surface area contributed by atoms with Crippen LogP contribution in [0.2, 0.25) is 0 Å². The second-order valence-corrected chi connectivity index (χ2v) is 4.29. The molecule has 4 atom stereocenters. The maximum Gasteiger partial charge on any atom is 0.136 e. The zero-order valence-corrected chi connectivity index (χ0v) is 8.23. The molecule has 2 aliphatic carbocycles. The van der Waals surface area contributed by atoms with Gasteiger partial charge in [-0.2, -0.15) is 0 Å². The molecule has 1 heteroatoms. The monoisotopic (exact) mass is 176 g/mol. The summed E-state index contributed by atoms with van der Waals surface area (Å²) in [6.07, 6.45) is 9.91. The molecule has 0 spiro atoms. The van der Waals surface area contributed by atoms with Crippen LogP contribution in [0.3, 0.4) is 0 Å². The number of hydrogen-bond acceptors (Lipinski definition) is 1. The lowest BCUT2D eigenvalue weighted by atomic mass is 9.71. The van der Waals surface area contributed by atoms with E-state index in [2.05, 4.69) is 31.2 Å². The third-order valence-electron chi connectivity index (χ3n) is 3.42. The van der Waals surface area contributed by atoms with Gasteiger partial charge in [0.05, 0.1) is 0 Å². The number of fused-ring (bicyclic) bond motifs is 1. The number of hydrogen-bond donors (Lipinski definition) is 0. The highest BCUT2D eigenvalue weighted by atomic mass is 16.1. The number of ketones is 1. The number of allylic oxidation sites excluding steroid dienone is 4. The van der Waals surface area contributed by atoms with Crippen molar-refractivity contribution in [2.45, 2.75) is 20.3 Å². The van der Waals surface area contributed by atoms with E-state index >= 15 is 0 Å². The summed E-state index contributed by atoms with van der Waals surface area (Å²) in [6.45, 7) is 3.94. The topological polar surface area (TPSA) is 17.1 Å². The summed E-state index contributed by atoms with van der Waals surface area (Å²) in [5.74, 6) is 2.27. The molecule has 4 unspecified atom stereocenters. The van der Waals surface area contributed by atoms with Crippen molar-refractivity contribution >= 4 is 5.78 Å². The summed E-state index contributed by atoms with van der Waals surface area (Å²) in [5.41, 5.74) is 0. The number of rotatable bonds is 1. The highest BCUT2D eigenvalue weighted by molar-refractivity contribution is 5.80.